The molecule has 2 nitrogen and oxygen atoms in total. The van der Waals surface area contributed by atoms with Gasteiger partial charge in [0.2, 0.25) is 0 Å². The molecule has 0 radical (unpaired) electrons. The SMILES string of the molecule is CC(c1ccccc1)c1c[nH]c2cccc(CCCO)c12. The molecule has 0 bridgehead atoms. The van der Waals surface area contributed by atoms with Crippen LogP contribution in [0.3, 0.4) is 0 Å². The van der Waals surface area contributed by atoms with Crippen LogP contribution in [-0.2, 0) is 6.42 Å². The highest BCUT2D eigenvalue weighted by Gasteiger charge is 2.15. The average Bonchev–Trinajstić information content (AvgIpc) is 2.97. The van der Waals surface area contributed by atoms with Crippen molar-refractivity contribution in [2.24, 2.45) is 0 Å². The predicted molar refractivity (Wildman–Crippen MR) is 87.7 cm³/mol. The van der Waals surface area contributed by atoms with E-state index in [1.165, 1.54) is 27.6 Å². The van der Waals surface area contributed by atoms with Crippen molar-refractivity contribution in [1.82, 2.24) is 4.98 Å². The van der Waals surface area contributed by atoms with E-state index < -0.39 is 0 Å². The number of hydrogen-bond donors (Lipinski definition) is 2. The number of nitrogens with one attached hydrogen (secondary N) is 1. The molecule has 0 saturated heterocycles. The van der Waals surface area contributed by atoms with E-state index in [0.717, 1.165) is 12.8 Å². The standard InChI is InChI=1S/C19H21NO/c1-14(15-7-3-2-4-8-15)17-13-20-18-11-5-9-16(19(17)18)10-6-12-21/h2-5,7-9,11,13-14,20-21H,6,10,12H2,1H3. The summed E-state index contributed by atoms with van der Waals surface area (Å²) in [7, 11) is 0. The van der Waals surface area contributed by atoms with Crippen LogP contribution in [0.25, 0.3) is 10.9 Å². The molecule has 0 aliphatic rings. The minimum Gasteiger partial charge on any atom is -0.396 e. The maximum atomic E-state index is 9.10. The number of hydrogen-bond acceptors (Lipinski definition) is 1. The summed E-state index contributed by atoms with van der Waals surface area (Å²) in [5.74, 6) is 0.357. The molecule has 1 unspecified atom stereocenters. The molecule has 2 N–H and O–H groups in total. The van der Waals surface area contributed by atoms with E-state index in [1.54, 1.807) is 0 Å². The van der Waals surface area contributed by atoms with Crippen LogP contribution in [0.2, 0.25) is 0 Å². The zero-order valence-corrected chi connectivity index (χ0v) is 12.3. The number of aromatic amines is 1. The van der Waals surface area contributed by atoms with Crippen LogP contribution in [0, 0.1) is 0 Å². The van der Waals surface area contributed by atoms with E-state index in [4.69, 9.17) is 5.11 Å². The summed E-state index contributed by atoms with van der Waals surface area (Å²) in [6.07, 6.45) is 3.86. The van der Waals surface area contributed by atoms with Crippen molar-refractivity contribution in [2.45, 2.75) is 25.7 Å². The van der Waals surface area contributed by atoms with E-state index in [1.807, 2.05) is 0 Å². The maximum Gasteiger partial charge on any atom is 0.0459 e. The van der Waals surface area contributed by atoms with Crippen LogP contribution in [-0.4, -0.2) is 16.7 Å². The van der Waals surface area contributed by atoms with E-state index in [0.29, 0.717) is 5.92 Å². The lowest BCUT2D eigenvalue weighted by Gasteiger charge is -2.13. The molecule has 2 heteroatoms. The molecule has 0 amide bonds. The van der Waals surface area contributed by atoms with E-state index in [9.17, 15) is 0 Å². The Labute approximate surface area is 125 Å². The Morgan fingerprint density at radius 3 is 2.62 bits per heavy atom. The summed E-state index contributed by atoms with van der Waals surface area (Å²) in [5, 5.41) is 10.4. The Kier molecular flexibility index (Phi) is 4.07. The quantitative estimate of drug-likeness (QED) is 0.720. The molecule has 108 valence electrons. The summed E-state index contributed by atoms with van der Waals surface area (Å²) < 4.78 is 0. The Hall–Kier alpha value is -2.06. The monoisotopic (exact) mass is 279 g/mol. The van der Waals surface area contributed by atoms with Crippen molar-refractivity contribution in [1.29, 1.82) is 0 Å². The van der Waals surface area contributed by atoms with Gasteiger partial charge in [-0.05, 0) is 35.6 Å². The van der Waals surface area contributed by atoms with Gasteiger partial charge in [0.15, 0.2) is 0 Å². The average molecular weight is 279 g/mol. The maximum absolute atomic E-state index is 9.10. The normalized spacial score (nSPS) is 12.7. The molecule has 1 atom stereocenters. The number of H-pyrrole nitrogens is 1. The second kappa shape index (κ2) is 6.15. The molecule has 0 aliphatic heterocycles. The molecule has 2 aromatic carbocycles. The third-order valence-corrected chi connectivity index (χ3v) is 4.19. The van der Waals surface area contributed by atoms with Crippen molar-refractivity contribution in [3.05, 3.63) is 71.4 Å². The molecule has 0 saturated carbocycles. The Balaban J connectivity index is 2.06. The van der Waals surface area contributed by atoms with Gasteiger partial charge in [0, 0.05) is 29.6 Å². The lowest BCUT2D eigenvalue weighted by atomic mass is 9.90. The summed E-state index contributed by atoms with van der Waals surface area (Å²) in [6, 6.07) is 17.0. The lowest BCUT2D eigenvalue weighted by molar-refractivity contribution is 0.289. The third kappa shape index (κ3) is 2.72. The minimum atomic E-state index is 0.240. The fourth-order valence-electron chi connectivity index (χ4n) is 3.03. The smallest absolute Gasteiger partial charge is 0.0459 e. The molecule has 1 heterocycles. The number of fused-ring (bicyclic) bond motifs is 1. The molecule has 0 spiro atoms. The Morgan fingerprint density at radius 2 is 1.86 bits per heavy atom. The van der Waals surface area contributed by atoms with Gasteiger partial charge >= 0.3 is 0 Å². The van der Waals surface area contributed by atoms with Gasteiger partial charge in [-0.15, -0.1) is 0 Å². The number of aryl methyl sites for hydroxylation is 1. The molecule has 3 aromatic rings. The molecule has 1 aromatic heterocycles. The van der Waals surface area contributed by atoms with Crippen molar-refractivity contribution in [2.75, 3.05) is 6.61 Å². The minimum absolute atomic E-state index is 0.240. The van der Waals surface area contributed by atoms with Gasteiger partial charge in [-0.1, -0.05) is 49.4 Å². The first-order chi connectivity index (χ1) is 10.3. The van der Waals surface area contributed by atoms with Crippen molar-refractivity contribution in [3.8, 4) is 0 Å². The van der Waals surface area contributed by atoms with Crippen molar-refractivity contribution >= 4 is 10.9 Å². The number of rotatable bonds is 5. The highest BCUT2D eigenvalue weighted by molar-refractivity contribution is 5.87. The zero-order valence-electron chi connectivity index (χ0n) is 12.3. The fourth-order valence-corrected chi connectivity index (χ4v) is 3.03. The third-order valence-electron chi connectivity index (χ3n) is 4.19. The molecular formula is C19H21NO. The number of aliphatic hydroxyl groups is 1. The molecular weight excluding hydrogens is 258 g/mol. The number of aliphatic hydroxyl groups excluding tert-OH is 1. The van der Waals surface area contributed by atoms with Crippen molar-refractivity contribution < 1.29 is 5.11 Å². The first kappa shape index (κ1) is 13.9. The highest BCUT2D eigenvalue weighted by atomic mass is 16.2. The summed E-state index contributed by atoms with van der Waals surface area (Å²) in [4.78, 5) is 3.39. The van der Waals surface area contributed by atoms with Crippen LogP contribution in [0.15, 0.2) is 54.7 Å². The second-order valence-corrected chi connectivity index (χ2v) is 5.54. The van der Waals surface area contributed by atoms with Crippen LogP contribution >= 0.6 is 0 Å². The van der Waals surface area contributed by atoms with E-state index in [2.05, 4.69) is 66.6 Å². The fraction of sp³-hybridized carbons (Fsp3) is 0.263. The molecule has 0 fully saturated rings. The number of benzene rings is 2. The topological polar surface area (TPSA) is 36.0 Å². The van der Waals surface area contributed by atoms with E-state index >= 15 is 0 Å². The largest absolute Gasteiger partial charge is 0.396 e. The van der Waals surface area contributed by atoms with Gasteiger partial charge in [-0.25, -0.2) is 0 Å². The van der Waals surface area contributed by atoms with Crippen molar-refractivity contribution in [3.63, 3.8) is 0 Å². The number of aromatic nitrogens is 1. The summed E-state index contributed by atoms with van der Waals surface area (Å²) in [6.45, 7) is 2.49. The van der Waals surface area contributed by atoms with Crippen LogP contribution in [0.4, 0.5) is 0 Å². The second-order valence-electron chi connectivity index (χ2n) is 5.54. The Bertz CT molecular complexity index is 715. The Morgan fingerprint density at radius 1 is 1.05 bits per heavy atom. The molecule has 0 aliphatic carbocycles. The van der Waals surface area contributed by atoms with Gasteiger partial charge in [-0.3, -0.25) is 0 Å². The van der Waals surface area contributed by atoms with Gasteiger partial charge in [0.05, 0.1) is 0 Å². The lowest BCUT2D eigenvalue weighted by Crippen LogP contribution is -1.97. The highest BCUT2D eigenvalue weighted by Crippen LogP contribution is 2.32. The molecule has 3 rings (SSSR count). The molecule has 21 heavy (non-hydrogen) atoms. The van der Waals surface area contributed by atoms with Gasteiger partial charge < -0.3 is 10.1 Å². The van der Waals surface area contributed by atoms with Gasteiger partial charge in [0.1, 0.15) is 0 Å². The van der Waals surface area contributed by atoms with Crippen LogP contribution in [0.5, 0.6) is 0 Å². The predicted octanol–water partition coefficient (Wildman–Crippen LogP) is 4.24. The first-order valence-corrected chi connectivity index (χ1v) is 7.56. The summed E-state index contributed by atoms with van der Waals surface area (Å²) in [5.41, 5.74) is 5.17. The summed E-state index contributed by atoms with van der Waals surface area (Å²) >= 11 is 0. The van der Waals surface area contributed by atoms with Gasteiger partial charge in [-0.2, -0.15) is 0 Å². The first-order valence-electron chi connectivity index (χ1n) is 7.56. The van der Waals surface area contributed by atoms with E-state index in [-0.39, 0.29) is 6.61 Å². The zero-order chi connectivity index (χ0) is 14.7. The van der Waals surface area contributed by atoms with Crippen LogP contribution < -0.4 is 0 Å². The van der Waals surface area contributed by atoms with Crippen LogP contribution in [0.1, 0.15) is 36.0 Å². The van der Waals surface area contributed by atoms with Gasteiger partial charge in [0.25, 0.3) is 0 Å².